The van der Waals surface area contributed by atoms with Gasteiger partial charge in [-0.1, -0.05) is 0 Å². The lowest BCUT2D eigenvalue weighted by molar-refractivity contribution is -0.891. The number of aliphatic hydroxyl groups excluding tert-OH is 1. The first-order chi connectivity index (χ1) is 6.21. The molecule has 0 aliphatic heterocycles. The zero-order valence-electron chi connectivity index (χ0n) is 9.80. The van der Waals surface area contributed by atoms with Crippen molar-refractivity contribution in [3.05, 3.63) is 0 Å². The van der Waals surface area contributed by atoms with Gasteiger partial charge in [0.1, 0.15) is 6.54 Å². The number of hydrogen-bond acceptors (Lipinski definition) is 2. The Balaban J connectivity index is 0. The van der Waals surface area contributed by atoms with Gasteiger partial charge in [-0.15, -0.1) is 3.94 Å². The minimum Gasteiger partial charge on any atom is -1.00 e. The number of quaternary nitrogens is 1. The van der Waals surface area contributed by atoms with E-state index in [9.17, 15) is 0 Å². The van der Waals surface area contributed by atoms with Crippen LogP contribution in [0.25, 0.3) is 0 Å². The number of aliphatic hydroxyl groups is 1. The molecule has 0 rings (SSSR count). The van der Waals surface area contributed by atoms with Crippen LogP contribution < -0.4 is 12.4 Å². The van der Waals surface area contributed by atoms with Crippen LogP contribution in [-0.4, -0.2) is 52.9 Å². The third-order valence-electron chi connectivity index (χ3n) is 2.49. The lowest BCUT2D eigenvalue weighted by atomic mass is 10.0. The molecule has 0 aromatic rings. The van der Waals surface area contributed by atoms with Crippen molar-refractivity contribution in [2.24, 2.45) is 0 Å². The molecular weight excluding hydrogens is 258 g/mol. The Morgan fingerprint density at radius 1 is 1.20 bits per heavy atom. The van der Waals surface area contributed by atoms with E-state index in [-0.39, 0.29) is 24.6 Å². The molecule has 0 spiro atoms. The second-order valence-corrected chi connectivity index (χ2v) is 5.75. The van der Waals surface area contributed by atoms with Gasteiger partial charge in [0.25, 0.3) is 0 Å². The van der Waals surface area contributed by atoms with Crippen molar-refractivity contribution < 1.29 is 22.0 Å². The fraction of sp³-hybridized carbons (Fsp3) is 1.00. The first kappa shape index (κ1) is 18.1. The van der Waals surface area contributed by atoms with Gasteiger partial charge in [-0.3, -0.25) is 0 Å². The molecule has 0 aromatic carbocycles. The molecule has 0 aliphatic rings. The molecule has 0 aromatic heterocycles. The largest absolute Gasteiger partial charge is 1.00 e. The topological polar surface area (TPSA) is 23.5 Å². The second-order valence-electron chi connectivity index (χ2n) is 4.90. The molecule has 0 fully saturated rings. The zero-order chi connectivity index (χ0) is 11.4. The van der Waals surface area contributed by atoms with Gasteiger partial charge in [0.05, 0.1) is 32.8 Å². The maximum absolute atomic E-state index is 8.86. The Morgan fingerprint density at radius 2 is 1.67 bits per heavy atom. The van der Waals surface area contributed by atoms with Gasteiger partial charge in [0.2, 0.25) is 0 Å². The van der Waals surface area contributed by atoms with Crippen LogP contribution >= 0.6 is 23.6 Å². The molecule has 0 unspecified atom stereocenters. The van der Waals surface area contributed by atoms with E-state index in [0.29, 0.717) is 0 Å². The summed E-state index contributed by atoms with van der Waals surface area (Å²) in [7, 11) is 4.16. The molecule has 0 heterocycles. The molecule has 94 valence electrons. The summed E-state index contributed by atoms with van der Waals surface area (Å²) in [5.74, 6) is 0. The molecule has 15 heavy (non-hydrogen) atoms. The van der Waals surface area contributed by atoms with Gasteiger partial charge in [-0.25, -0.2) is 0 Å². The number of nitrogens with zero attached hydrogens (tertiary/aromatic N) is 2. The van der Waals surface area contributed by atoms with Crippen LogP contribution in [0.2, 0.25) is 0 Å². The van der Waals surface area contributed by atoms with Crippen molar-refractivity contribution in [1.82, 2.24) is 3.94 Å². The summed E-state index contributed by atoms with van der Waals surface area (Å²) in [6.07, 6.45) is 0.882. The van der Waals surface area contributed by atoms with Crippen molar-refractivity contribution in [3.8, 4) is 0 Å². The summed E-state index contributed by atoms with van der Waals surface area (Å²) in [4.78, 5) is 0. The first-order valence-electron chi connectivity index (χ1n) is 4.76. The highest BCUT2D eigenvalue weighted by Crippen LogP contribution is 2.24. The molecule has 0 amide bonds. The van der Waals surface area contributed by atoms with Crippen LogP contribution in [0, 0.1) is 0 Å². The number of likely N-dealkylation sites (N-methyl/N-ethyl adjacent to an activating group) is 1. The Morgan fingerprint density at radius 3 is 2.00 bits per heavy atom. The average Bonchev–Trinajstić information content (AvgIpc) is 2.01. The Kier molecular flexibility index (Phi) is 8.64. The maximum atomic E-state index is 8.86. The number of hydrogen-bond donors (Lipinski definition) is 1. The molecule has 0 saturated carbocycles. The summed E-state index contributed by atoms with van der Waals surface area (Å²) >= 11 is 11.4. The van der Waals surface area contributed by atoms with Gasteiger partial charge in [-0.05, 0) is 37.4 Å². The van der Waals surface area contributed by atoms with Gasteiger partial charge in [0, 0.05) is 6.42 Å². The second kappa shape index (κ2) is 7.15. The third kappa shape index (κ3) is 7.61. The lowest BCUT2D eigenvalue weighted by Crippen LogP contribution is -3.00. The predicted octanol–water partition coefficient (Wildman–Crippen LogP) is -1.16. The van der Waals surface area contributed by atoms with E-state index < -0.39 is 0 Å². The zero-order valence-corrected chi connectivity index (χ0v) is 12.1. The van der Waals surface area contributed by atoms with Gasteiger partial charge < -0.3 is 22.0 Å². The van der Waals surface area contributed by atoms with Crippen molar-refractivity contribution in [1.29, 1.82) is 0 Å². The summed E-state index contributed by atoms with van der Waals surface area (Å²) < 4.78 is 1.98. The highest BCUT2D eigenvalue weighted by molar-refractivity contribution is 6.34. The smallest absolute Gasteiger partial charge is 0.102 e. The predicted molar refractivity (Wildman–Crippen MR) is 61.2 cm³/mol. The van der Waals surface area contributed by atoms with Crippen LogP contribution in [0.1, 0.15) is 20.3 Å². The van der Waals surface area contributed by atoms with E-state index >= 15 is 0 Å². The Labute approximate surface area is 109 Å². The van der Waals surface area contributed by atoms with Crippen molar-refractivity contribution in [2.45, 2.75) is 25.8 Å². The van der Waals surface area contributed by atoms with E-state index in [4.69, 9.17) is 28.7 Å². The summed E-state index contributed by atoms with van der Waals surface area (Å²) in [6, 6.07) is 0. The summed E-state index contributed by atoms with van der Waals surface area (Å²) in [6.45, 7) is 5.88. The van der Waals surface area contributed by atoms with Crippen LogP contribution in [0.3, 0.4) is 0 Å². The Hall–Kier alpha value is 0.750. The lowest BCUT2D eigenvalue weighted by Gasteiger charge is -2.34. The maximum Gasteiger partial charge on any atom is 0.102 e. The van der Waals surface area contributed by atoms with Crippen LogP contribution in [-0.2, 0) is 0 Å². The quantitative estimate of drug-likeness (QED) is 0.490. The SMILES string of the molecule is CC(C)(CC[N+](C)(C)CCO)N(Cl)Cl.[Cl-]. The van der Waals surface area contributed by atoms with Crippen molar-refractivity contribution >= 4 is 23.6 Å². The van der Waals surface area contributed by atoms with E-state index in [2.05, 4.69) is 14.1 Å². The van der Waals surface area contributed by atoms with E-state index in [0.717, 1.165) is 24.0 Å². The van der Waals surface area contributed by atoms with Crippen LogP contribution in [0.5, 0.6) is 0 Å². The van der Waals surface area contributed by atoms with E-state index in [1.807, 2.05) is 13.8 Å². The summed E-state index contributed by atoms with van der Waals surface area (Å²) in [5, 5.41) is 8.86. The highest BCUT2D eigenvalue weighted by Gasteiger charge is 2.28. The summed E-state index contributed by atoms with van der Waals surface area (Å²) in [5.41, 5.74) is -0.228. The van der Waals surface area contributed by atoms with E-state index in [1.165, 1.54) is 3.94 Å². The molecule has 0 saturated heterocycles. The molecular formula is C9H21Cl3N2O. The molecule has 1 N–H and O–H groups in total. The van der Waals surface area contributed by atoms with Gasteiger partial charge in [0.15, 0.2) is 0 Å². The molecule has 0 atom stereocenters. The standard InChI is InChI=1S/C9H21Cl2N2O.ClH/c1-9(2,12(10)11)5-6-13(3,4)7-8-14;/h14H,5-8H2,1-4H3;1H/q+1;/p-1. The Bertz CT molecular complexity index is 175. The van der Waals surface area contributed by atoms with Gasteiger partial charge >= 0.3 is 0 Å². The monoisotopic (exact) mass is 278 g/mol. The molecule has 0 aliphatic carbocycles. The molecule has 0 bridgehead atoms. The highest BCUT2D eigenvalue weighted by atomic mass is 35.5. The number of halogens is 3. The van der Waals surface area contributed by atoms with Crippen LogP contribution in [0.4, 0.5) is 0 Å². The van der Waals surface area contributed by atoms with E-state index in [1.54, 1.807) is 0 Å². The third-order valence-corrected chi connectivity index (χ3v) is 3.41. The molecule has 0 radical (unpaired) electrons. The minimum absolute atomic E-state index is 0. The van der Waals surface area contributed by atoms with Crippen LogP contribution in [0.15, 0.2) is 0 Å². The van der Waals surface area contributed by atoms with Gasteiger partial charge in [-0.2, -0.15) is 0 Å². The fourth-order valence-electron chi connectivity index (χ4n) is 1.04. The molecule has 3 nitrogen and oxygen atoms in total. The molecule has 6 heteroatoms. The minimum atomic E-state index is -0.228. The first-order valence-corrected chi connectivity index (χ1v) is 5.43. The average molecular weight is 280 g/mol. The van der Waals surface area contributed by atoms with Crippen molar-refractivity contribution in [2.75, 3.05) is 33.8 Å². The fourth-order valence-corrected chi connectivity index (χ4v) is 1.21. The normalized spacial score (nSPS) is 12.8. The van der Waals surface area contributed by atoms with Crippen molar-refractivity contribution in [3.63, 3.8) is 0 Å². The number of rotatable bonds is 6.